The molecule has 5 heteroatoms. The van der Waals surface area contributed by atoms with Gasteiger partial charge >= 0.3 is 0 Å². The molecule has 0 radical (unpaired) electrons. The molecule has 1 amide bonds. The molecule has 1 aliphatic rings. The highest BCUT2D eigenvalue weighted by Crippen LogP contribution is 2.33. The summed E-state index contributed by atoms with van der Waals surface area (Å²) < 4.78 is 5.62. The Hall–Kier alpha value is -2.43. The van der Waals surface area contributed by atoms with Gasteiger partial charge < -0.3 is 20.8 Å². The lowest BCUT2D eigenvalue weighted by Crippen LogP contribution is -2.19. The largest absolute Gasteiger partial charge is 0.464 e. The highest BCUT2D eigenvalue weighted by atomic mass is 16.3. The molecule has 1 aromatic carbocycles. The van der Waals surface area contributed by atoms with Crippen LogP contribution in [-0.2, 0) is 11.2 Å². The fourth-order valence-corrected chi connectivity index (χ4v) is 2.56. The van der Waals surface area contributed by atoms with E-state index in [9.17, 15) is 4.79 Å². The number of carbonyl (C=O) groups is 1. The van der Waals surface area contributed by atoms with E-state index in [1.165, 1.54) is 0 Å². The first kappa shape index (κ1) is 13.5. The molecular formula is C16H19N3O2. The highest BCUT2D eigenvalue weighted by Gasteiger charge is 2.18. The highest BCUT2D eigenvalue weighted by molar-refractivity contribution is 5.95. The van der Waals surface area contributed by atoms with Crippen molar-refractivity contribution in [2.45, 2.75) is 32.7 Å². The van der Waals surface area contributed by atoms with E-state index in [2.05, 4.69) is 10.6 Å². The Morgan fingerprint density at radius 3 is 2.86 bits per heavy atom. The van der Waals surface area contributed by atoms with Gasteiger partial charge in [0.05, 0.1) is 17.4 Å². The number of nitrogens with one attached hydrogen (secondary N) is 2. The maximum Gasteiger partial charge on any atom is 0.224 e. The maximum atomic E-state index is 11.4. The minimum atomic E-state index is 0.0252. The molecule has 0 saturated heterocycles. The average molecular weight is 285 g/mol. The van der Waals surface area contributed by atoms with Crippen LogP contribution in [0.2, 0.25) is 0 Å². The third kappa shape index (κ3) is 2.72. The van der Waals surface area contributed by atoms with Crippen molar-refractivity contribution >= 4 is 23.0 Å². The van der Waals surface area contributed by atoms with Crippen molar-refractivity contribution in [1.29, 1.82) is 0 Å². The number of furan rings is 1. The van der Waals surface area contributed by atoms with Crippen LogP contribution in [-0.4, -0.2) is 5.91 Å². The summed E-state index contributed by atoms with van der Waals surface area (Å²) >= 11 is 0. The first-order valence-corrected chi connectivity index (χ1v) is 7.08. The first-order valence-electron chi connectivity index (χ1n) is 7.08. The molecule has 0 bridgehead atoms. The lowest BCUT2D eigenvalue weighted by atomic mass is 10.0. The number of benzene rings is 1. The Labute approximate surface area is 123 Å². The van der Waals surface area contributed by atoms with Crippen LogP contribution >= 0.6 is 0 Å². The lowest BCUT2D eigenvalue weighted by molar-refractivity contribution is -0.116. The molecule has 5 nitrogen and oxygen atoms in total. The van der Waals surface area contributed by atoms with E-state index in [4.69, 9.17) is 10.2 Å². The summed E-state index contributed by atoms with van der Waals surface area (Å²) in [6.45, 7) is 3.95. The number of fused-ring (bicyclic) bond motifs is 1. The predicted octanol–water partition coefficient (Wildman–Crippen LogP) is 3.23. The molecule has 2 aromatic rings. The molecule has 4 N–H and O–H groups in total. The van der Waals surface area contributed by atoms with Gasteiger partial charge in [0.25, 0.3) is 0 Å². The van der Waals surface area contributed by atoms with Crippen LogP contribution in [0, 0.1) is 6.92 Å². The number of hydrogen-bond acceptors (Lipinski definition) is 4. The second-order valence-corrected chi connectivity index (χ2v) is 5.46. The van der Waals surface area contributed by atoms with Gasteiger partial charge in [0, 0.05) is 12.1 Å². The van der Waals surface area contributed by atoms with Gasteiger partial charge in [-0.05, 0) is 50.1 Å². The summed E-state index contributed by atoms with van der Waals surface area (Å²) in [5.41, 5.74) is 9.48. The van der Waals surface area contributed by atoms with Crippen molar-refractivity contribution in [3.63, 3.8) is 0 Å². The van der Waals surface area contributed by atoms with E-state index in [0.29, 0.717) is 12.1 Å². The van der Waals surface area contributed by atoms with Gasteiger partial charge in [-0.25, -0.2) is 0 Å². The van der Waals surface area contributed by atoms with Crippen LogP contribution in [0.5, 0.6) is 0 Å². The maximum absolute atomic E-state index is 11.4. The molecule has 2 heterocycles. The van der Waals surface area contributed by atoms with Crippen LogP contribution in [0.15, 0.2) is 28.7 Å². The van der Waals surface area contributed by atoms with E-state index in [0.717, 1.165) is 34.9 Å². The number of carbonyl (C=O) groups excluding carboxylic acids is 1. The van der Waals surface area contributed by atoms with Crippen LogP contribution in [0.4, 0.5) is 17.1 Å². The van der Waals surface area contributed by atoms with E-state index in [1.807, 2.05) is 38.1 Å². The molecule has 0 saturated carbocycles. The Balaban J connectivity index is 1.84. The van der Waals surface area contributed by atoms with Gasteiger partial charge in [-0.3, -0.25) is 4.79 Å². The molecular weight excluding hydrogens is 266 g/mol. The summed E-state index contributed by atoms with van der Waals surface area (Å²) in [6, 6.07) is 7.75. The molecule has 1 aliphatic heterocycles. The molecule has 1 aromatic heterocycles. The molecule has 3 rings (SSSR count). The first-order chi connectivity index (χ1) is 10.0. The number of nitrogen functional groups attached to an aromatic ring is 1. The van der Waals surface area contributed by atoms with Crippen molar-refractivity contribution in [1.82, 2.24) is 0 Å². The van der Waals surface area contributed by atoms with Gasteiger partial charge in [0.2, 0.25) is 5.91 Å². The Morgan fingerprint density at radius 1 is 1.33 bits per heavy atom. The molecule has 0 spiro atoms. The normalized spacial score (nSPS) is 15.2. The number of anilines is 3. The second-order valence-electron chi connectivity index (χ2n) is 5.46. The van der Waals surface area contributed by atoms with Gasteiger partial charge in [0.1, 0.15) is 11.5 Å². The zero-order chi connectivity index (χ0) is 15.0. The minimum Gasteiger partial charge on any atom is -0.464 e. The summed E-state index contributed by atoms with van der Waals surface area (Å²) in [5, 5.41) is 6.22. The van der Waals surface area contributed by atoms with Gasteiger partial charge in [-0.2, -0.15) is 0 Å². The molecule has 0 aliphatic carbocycles. The van der Waals surface area contributed by atoms with E-state index >= 15 is 0 Å². The number of nitrogens with two attached hydrogens (primary N) is 1. The number of aryl methyl sites for hydroxylation is 2. The average Bonchev–Trinajstić information content (AvgIpc) is 2.86. The Bertz CT molecular complexity index is 691. The molecule has 21 heavy (non-hydrogen) atoms. The third-order valence-electron chi connectivity index (χ3n) is 3.73. The molecule has 1 unspecified atom stereocenters. The molecule has 0 fully saturated rings. The van der Waals surface area contributed by atoms with Crippen molar-refractivity contribution in [3.8, 4) is 0 Å². The Morgan fingerprint density at radius 2 is 2.14 bits per heavy atom. The number of amides is 1. The van der Waals surface area contributed by atoms with Crippen molar-refractivity contribution in [2.75, 3.05) is 16.4 Å². The van der Waals surface area contributed by atoms with E-state index in [-0.39, 0.29) is 11.9 Å². The smallest absolute Gasteiger partial charge is 0.224 e. The summed E-state index contributed by atoms with van der Waals surface area (Å²) in [5.74, 6) is 1.81. The fraction of sp³-hybridized carbons (Fsp3) is 0.312. The van der Waals surface area contributed by atoms with Gasteiger partial charge in [-0.1, -0.05) is 0 Å². The third-order valence-corrected chi connectivity index (χ3v) is 3.73. The van der Waals surface area contributed by atoms with E-state index < -0.39 is 0 Å². The quantitative estimate of drug-likeness (QED) is 0.756. The van der Waals surface area contributed by atoms with Crippen LogP contribution in [0.25, 0.3) is 0 Å². The summed E-state index contributed by atoms with van der Waals surface area (Å²) in [4.78, 5) is 11.4. The van der Waals surface area contributed by atoms with Crippen molar-refractivity contribution < 1.29 is 9.21 Å². The number of hydrogen-bond donors (Lipinski definition) is 3. The minimum absolute atomic E-state index is 0.0252. The topological polar surface area (TPSA) is 80.3 Å². The fourth-order valence-electron chi connectivity index (χ4n) is 2.56. The van der Waals surface area contributed by atoms with Crippen LogP contribution < -0.4 is 16.4 Å². The van der Waals surface area contributed by atoms with Gasteiger partial charge in [0.15, 0.2) is 0 Å². The molecule has 1 atom stereocenters. The molecule has 110 valence electrons. The van der Waals surface area contributed by atoms with Crippen molar-refractivity contribution in [2.24, 2.45) is 0 Å². The van der Waals surface area contributed by atoms with Crippen molar-refractivity contribution in [3.05, 3.63) is 41.3 Å². The summed E-state index contributed by atoms with van der Waals surface area (Å²) in [6.07, 6.45) is 1.26. The zero-order valence-corrected chi connectivity index (χ0v) is 12.2. The monoisotopic (exact) mass is 285 g/mol. The van der Waals surface area contributed by atoms with Crippen LogP contribution in [0.3, 0.4) is 0 Å². The standard InChI is InChI=1S/C16H19N3O2/c1-9-3-5-15(21-9)10(2)18-14-7-11-4-6-16(20)19-13(11)8-12(14)17/h3,5,7-8,10,18H,4,6,17H2,1-2H3,(H,19,20). The van der Waals surface area contributed by atoms with Gasteiger partial charge in [-0.15, -0.1) is 0 Å². The number of rotatable bonds is 3. The van der Waals surface area contributed by atoms with E-state index in [1.54, 1.807) is 0 Å². The SMILES string of the molecule is Cc1ccc(C(C)Nc2cc3c(cc2N)NC(=O)CC3)o1. The van der Waals surface area contributed by atoms with Crippen LogP contribution in [0.1, 0.15) is 36.5 Å². The summed E-state index contributed by atoms with van der Waals surface area (Å²) in [7, 11) is 0. The lowest BCUT2D eigenvalue weighted by Gasteiger charge is -2.21. The second kappa shape index (κ2) is 5.16. The Kier molecular flexibility index (Phi) is 3.33. The predicted molar refractivity (Wildman–Crippen MR) is 83.3 cm³/mol. The zero-order valence-electron chi connectivity index (χ0n) is 12.2.